The Morgan fingerprint density at radius 3 is 2.50 bits per heavy atom. The summed E-state index contributed by atoms with van der Waals surface area (Å²) in [6, 6.07) is 1.45. The molecule has 1 unspecified atom stereocenters. The highest BCUT2D eigenvalue weighted by Crippen LogP contribution is 2.48. The SMILES string of the molecule is O=C(NC(CO)c1ccnc(OC(F)F)c1)NC12CCC(F)(CC1)CC2. The number of carbonyl (C=O) groups excluding carboxylic acids is 1. The molecule has 1 aromatic rings. The lowest BCUT2D eigenvalue weighted by Gasteiger charge is -2.49. The van der Waals surface area contributed by atoms with E-state index in [4.69, 9.17) is 0 Å². The minimum atomic E-state index is -3.01. The van der Waals surface area contributed by atoms with Gasteiger partial charge in [0.25, 0.3) is 0 Å². The largest absolute Gasteiger partial charge is 0.417 e. The number of rotatable bonds is 6. The zero-order chi connectivity index (χ0) is 18.8. The van der Waals surface area contributed by atoms with Gasteiger partial charge in [-0.25, -0.2) is 14.2 Å². The van der Waals surface area contributed by atoms with Gasteiger partial charge in [-0.1, -0.05) is 0 Å². The van der Waals surface area contributed by atoms with Crippen molar-refractivity contribution in [3.63, 3.8) is 0 Å². The van der Waals surface area contributed by atoms with Gasteiger partial charge in [0, 0.05) is 17.8 Å². The van der Waals surface area contributed by atoms with Crippen LogP contribution in [0.3, 0.4) is 0 Å². The predicted molar refractivity (Wildman–Crippen MR) is 86.6 cm³/mol. The van der Waals surface area contributed by atoms with E-state index in [-0.39, 0.29) is 5.88 Å². The summed E-state index contributed by atoms with van der Waals surface area (Å²) in [6.45, 7) is -3.44. The molecule has 2 bridgehead atoms. The number of ether oxygens (including phenoxy) is 1. The summed E-state index contributed by atoms with van der Waals surface area (Å²) in [4.78, 5) is 16.0. The molecule has 1 heterocycles. The Balaban J connectivity index is 1.62. The van der Waals surface area contributed by atoms with Crippen molar-refractivity contribution in [2.24, 2.45) is 0 Å². The van der Waals surface area contributed by atoms with Crippen molar-refractivity contribution in [2.45, 2.75) is 62.4 Å². The molecule has 26 heavy (non-hydrogen) atoms. The molecule has 3 saturated carbocycles. The van der Waals surface area contributed by atoms with E-state index in [1.807, 2.05) is 0 Å². The van der Waals surface area contributed by atoms with Crippen LogP contribution in [-0.4, -0.2) is 40.5 Å². The lowest BCUT2D eigenvalue weighted by Crippen LogP contribution is -2.59. The molecule has 0 spiro atoms. The Labute approximate surface area is 149 Å². The van der Waals surface area contributed by atoms with Gasteiger partial charge in [0.05, 0.1) is 12.6 Å². The van der Waals surface area contributed by atoms with Crippen LogP contribution >= 0.6 is 0 Å². The van der Waals surface area contributed by atoms with E-state index in [0.29, 0.717) is 44.1 Å². The van der Waals surface area contributed by atoms with Crippen molar-refractivity contribution in [1.82, 2.24) is 15.6 Å². The van der Waals surface area contributed by atoms with Crippen LogP contribution in [0.1, 0.15) is 50.1 Å². The van der Waals surface area contributed by atoms with Gasteiger partial charge in [-0.05, 0) is 50.2 Å². The standard InChI is InChI=1S/C17H22F3N3O3/c18-14(19)26-13-9-11(1-8-21-13)12(10-24)22-15(25)23-17-5-2-16(20,3-6-17)4-7-17/h1,8-9,12,14,24H,2-7,10H2,(H2,22,23,25). The number of pyridine rings is 1. The summed E-state index contributed by atoms with van der Waals surface area (Å²) in [5.41, 5.74) is -1.12. The molecule has 1 atom stereocenters. The smallest absolute Gasteiger partial charge is 0.388 e. The van der Waals surface area contributed by atoms with Gasteiger partial charge in [0.15, 0.2) is 0 Å². The summed E-state index contributed by atoms with van der Waals surface area (Å²) < 4.78 is 43.1. The quantitative estimate of drug-likeness (QED) is 0.716. The van der Waals surface area contributed by atoms with Crippen LogP contribution in [0.15, 0.2) is 18.3 Å². The summed E-state index contributed by atoms with van der Waals surface area (Å²) in [7, 11) is 0. The molecule has 0 radical (unpaired) electrons. The lowest BCUT2D eigenvalue weighted by molar-refractivity contribution is -0.0529. The second-order valence-corrected chi connectivity index (χ2v) is 7.07. The van der Waals surface area contributed by atoms with E-state index < -0.39 is 36.5 Å². The highest BCUT2D eigenvalue weighted by atomic mass is 19.3. The van der Waals surface area contributed by atoms with Crippen molar-refractivity contribution in [1.29, 1.82) is 0 Å². The number of hydrogen-bond acceptors (Lipinski definition) is 4. The lowest BCUT2D eigenvalue weighted by atomic mass is 9.64. The van der Waals surface area contributed by atoms with E-state index in [1.54, 1.807) is 0 Å². The van der Waals surface area contributed by atoms with Crippen LogP contribution in [0.4, 0.5) is 18.0 Å². The molecular formula is C17H22F3N3O3. The number of hydrogen-bond donors (Lipinski definition) is 3. The van der Waals surface area contributed by atoms with Gasteiger partial charge in [0.1, 0.15) is 5.67 Å². The number of amides is 2. The summed E-state index contributed by atoms with van der Waals surface area (Å²) in [6.07, 6.45) is 4.34. The normalized spacial score (nSPS) is 28.7. The zero-order valence-electron chi connectivity index (χ0n) is 14.2. The van der Waals surface area contributed by atoms with Gasteiger partial charge in [-0.15, -0.1) is 0 Å². The van der Waals surface area contributed by atoms with E-state index in [1.165, 1.54) is 18.3 Å². The maximum Gasteiger partial charge on any atom is 0.388 e. The van der Waals surface area contributed by atoms with Crippen molar-refractivity contribution in [2.75, 3.05) is 6.61 Å². The van der Waals surface area contributed by atoms with Crippen LogP contribution < -0.4 is 15.4 Å². The van der Waals surface area contributed by atoms with E-state index in [9.17, 15) is 23.1 Å². The fraction of sp³-hybridized carbons (Fsp3) is 0.647. The molecule has 0 aromatic carbocycles. The number of aliphatic hydroxyl groups excluding tert-OH is 1. The van der Waals surface area contributed by atoms with Crippen LogP contribution in [0.5, 0.6) is 5.88 Å². The van der Waals surface area contributed by atoms with Gasteiger partial charge >= 0.3 is 12.6 Å². The third-order valence-corrected chi connectivity index (χ3v) is 5.39. The molecule has 3 fully saturated rings. The minimum Gasteiger partial charge on any atom is -0.417 e. The Hall–Kier alpha value is -2.03. The number of carbonyl (C=O) groups is 1. The van der Waals surface area contributed by atoms with Crippen molar-refractivity contribution in [3.8, 4) is 5.88 Å². The van der Waals surface area contributed by atoms with E-state index >= 15 is 0 Å². The number of nitrogens with zero attached hydrogens (tertiary/aromatic N) is 1. The van der Waals surface area contributed by atoms with Gasteiger partial charge in [-0.3, -0.25) is 0 Å². The molecule has 4 rings (SSSR count). The number of nitrogens with one attached hydrogen (secondary N) is 2. The zero-order valence-corrected chi connectivity index (χ0v) is 14.2. The highest BCUT2D eigenvalue weighted by molar-refractivity contribution is 5.75. The maximum absolute atomic E-state index is 14.2. The molecule has 3 N–H and O–H groups in total. The first-order valence-corrected chi connectivity index (χ1v) is 8.62. The van der Waals surface area contributed by atoms with Crippen LogP contribution in [0.2, 0.25) is 0 Å². The Morgan fingerprint density at radius 2 is 1.92 bits per heavy atom. The van der Waals surface area contributed by atoms with Crippen LogP contribution in [0.25, 0.3) is 0 Å². The average molecular weight is 373 g/mol. The van der Waals surface area contributed by atoms with Crippen LogP contribution in [-0.2, 0) is 0 Å². The molecule has 3 aliphatic rings. The van der Waals surface area contributed by atoms with Gasteiger partial charge in [0.2, 0.25) is 5.88 Å². The van der Waals surface area contributed by atoms with Gasteiger partial charge < -0.3 is 20.5 Å². The molecular weight excluding hydrogens is 351 g/mol. The molecule has 2 amide bonds. The first-order chi connectivity index (χ1) is 12.3. The molecule has 1 aromatic heterocycles. The average Bonchev–Trinajstić information content (AvgIpc) is 2.61. The van der Waals surface area contributed by atoms with Crippen LogP contribution in [0, 0.1) is 0 Å². The van der Waals surface area contributed by atoms with E-state index in [2.05, 4.69) is 20.4 Å². The molecule has 0 aliphatic heterocycles. The number of urea groups is 1. The second-order valence-electron chi connectivity index (χ2n) is 7.07. The van der Waals surface area contributed by atoms with E-state index in [0.717, 1.165) is 0 Å². The second kappa shape index (κ2) is 7.30. The summed E-state index contributed by atoms with van der Waals surface area (Å²) >= 11 is 0. The van der Waals surface area contributed by atoms with Crippen molar-refractivity contribution < 1.29 is 27.8 Å². The third-order valence-electron chi connectivity index (χ3n) is 5.39. The summed E-state index contributed by atoms with van der Waals surface area (Å²) in [5.74, 6) is -0.296. The fourth-order valence-corrected chi connectivity index (χ4v) is 3.79. The monoisotopic (exact) mass is 373 g/mol. The number of alkyl halides is 3. The predicted octanol–water partition coefficient (Wildman–Crippen LogP) is 2.83. The Bertz CT molecular complexity index is 635. The van der Waals surface area contributed by atoms with Crippen molar-refractivity contribution >= 4 is 6.03 Å². The maximum atomic E-state index is 14.2. The molecule has 0 saturated heterocycles. The Morgan fingerprint density at radius 1 is 1.27 bits per heavy atom. The molecule has 6 nitrogen and oxygen atoms in total. The molecule has 9 heteroatoms. The van der Waals surface area contributed by atoms with Gasteiger partial charge in [-0.2, -0.15) is 8.78 Å². The number of halogens is 3. The first kappa shape index (κ1) is 18.8. The van der Waals surface area contributed by atoms with Crippen molar-refractivity contribution in [3.05, 3.63) is 23.9 Å². The first-order valence-electron chi connectivity index (χ1n) is 8.62. The third kappa shape index (κ3) is 4.20. The number of aliphatic hydroxyl groups is 1. The summed E-state index contributed by atoms with van der Waals surface area (Å²) in [5, 5.41) is 15.1. The molecule has 3 aliphatic carbocycles. The molecule has 144 valence electrons. The number of fused-ring (bicyclic) bond motifs is 3. The number of aromatic nitrogens is 1. The highest BCUT2D eigenvalue weighted by Gasteiger charge is 2.49. The topological polar surface area (TPSA) is 83.5 Å². The Kier molecular flexibility index (Phi) is 5.27. The minimum absolute atomic E-state index is 0.296. The fourth-order valence-electron chi connectivity index (χ4n) is 3.79.